The van der Waals surface area contributed by atoms with E-state index >= 15 is 0 Å². The maximum atomic E-state index is 3.37. The summed E-state index contributed by atoms with van der Waals surface area (Å²) in [6, 6.07) is 0. The smallest absolute Gasteiger partial charge is 0.224 e. The molecule has 0 N–H and O–H groups in total. The summed E-state index contributed by atoms with van der Waals surface area (Å²) in [4.78, 5) is 1.37. The molecule has 0 aliphatic carbocycles. The molecule has 9 heavy (non-hydrogen) atoms. The SMILES string of the molecule is C[n+]1csc(CBr)c1.[Br-]. The van der Waals surface area contributed by atoms with Crippen molar-refractivity contribution in [3.8, 4) is 0 Å². The first kappa shape index (κ1) is 9.59. The van der Waals surface area contributed by atoms with Gasteiger partial charge in [-0.15, -0.1) is 0 Å². The molecule has 1 aromatic rings. The fourth-order valence-electron chi connectivity index (χ4n) is 0.505. The Labute approximate surface area is 77.6 Å². The van der Waals surface area contributed by atoms with Crippen LogP contribution in [0.4, 0.5) is 0 Å². The number of halogens is 2. The van der Waals surface area contributed by atoms with Gasteiger partial charge in [0.2, 0.25) is 5.51 Å². The van der Waals surface area contributed by atoms with E-state index in [9.17, 15) is 0 Å². The highest BCUT2D eigenvalue weighted by molar-refractivity contribution is 9.08. The molecule has 0 saturated carbocycles. The van der Waals surface area contributed by atoms with Gasteiger partial charge in [0.25, 0.3) is 0 Å². The lowest BCUT2D eigenvalue weighted by atomic mass is 10.6. The van der Waals surface area contributed by atoms with Gasteiger partial charge in [-0.3, -0.25) is 0 Å². The predicted octanol–water partition coefficient (Wildman–Crippen LogP) is -1.53. The van der Waals surface area contributed by atoms with Gasteiger partial charge in [0.05, 0.1) is 4.88 Å². The Morgan fingerprint density at radius 2 is 2.44 bits per heavy atom. The summed E-state index contributed by atoms with van der Waals surface area (Å²) in [5, 5.41) is 0.971. The zero-order valence-electron chi connectivity index (χ0n) is 4.97. The number of nitrogens with zero attached hydrogens (tertiary/aromatic N) is 1. The van der Waals surface area contributed by atoms with Crippen molar-refractivity contribution in [1.29, 1.82) is 0 Å². The topological polar surface area (TPSA) is 3.88 Å². The molecule has 0 bridgehead atoms. The van der Waals surface area contributed by atoms with Crippen molar-refractivity contribution in [3.63, 3.8) is 0 Å². The fraction of sp³-hybridized carbons (Fsp3) is 0.400. The lowest BCUT2D eigenvalue weighted by Crippen LogP contribution is -3.00. The molecule has 52 valence electrons. The Morgan fingerprint density at radius 1 is 1.78 bits per heavy atom. The van der Waals surface area contributed by atoms with Crippen LogP contribution in [0.3, 0.4) is 0 Å². The first-order chi connectivity index (χ1) is 3.83. The van der Waals surface area contributed by atoms with E-state index in [1.807, 2.05) is 7.05 Å². The molecule has 0 atom stereocenters. The van der Waals surface area contributed by atoms with Crippen molar-refractivity contribution >= 4 is 27.3 Å². The Hall–Kier alpha value is 0.590. The van der Waals surface area contributed by atoms with Crippen molar-refractivity contribution < 1.29 is 21.5 Å². The van der Waals surface area contributed by atoms with Crippen LogP contribution in [0.2, 0.25) is 0 Å². The van der Waals surface area contributed by atoms with E-state index in [1.165, 1.54) is 4.88 Å². The molecule has 1 heterocycles. The minimum absolute atomic E-state index is 0. The number of alkyl halides is 1. The van der Waals surface area contributed by atoms with Crippen molar-refractivity contribution in [2.24, 2.45) is 7.05 Å². The van der Waals surface area contributed by atoms with E-state index in [2.05, 4.69) is 32.2 Å². The molecule has 0 aliphatic heterocycles. The van der Waals surface area contributed by atoms with Gasteiger partial charge in [0.15, 0.2) is 6.20 Å². The monoisotopic (exact) mass is 271 g/mol. The molecule has 1 nitrogen and oxygen atoms in total. The summed E-state index contributed by atoms with van der Waals surface area (Å²) in [7, 11) is 2.03. The third kappa shape index (κ3) is 2.78. The lowest BCUT2D eigenvalue weighted by Gasteiger charge is -1.72. The van der Waals surface area contributed by atoms with Gasteiger partial charge in [-0.1, -0.05) is 27.3 Å². The number of hydrogen-bond acceptors (Lipinski definition) is 1. The van der Waals surface area contributed by atoms with Crippen molar-refractivity contribution in [3.05, 3.63) is 16.6 Å². The maximum Gasteiger partial charge on any atom is 0.224 e. The van der Waals surface area contributed by atoms with Gasteiger partial charge >= 0.3 is 0 Å². The van der Waals surface area contributed by atoms with Crippen LogP contribution in [-0.2, 0) is 12.4 Å². The van der Waals surface area contributed by atoms with Crippen LogP contribution in [0.15, 0.2) is 11.7 Å². The van der Waals surface area contributed by atoms with Gasteiger partial charge in [0, 0.05) is 5.33 Å². The van der Waals surface area contributed by atoms with Crippen molar-refractivity contribution in [1.82, 2.24) is 0 Å². The summed E-state index contributed by atoms with van der Waals surface area (Å²) in [6.07, 6.45) is 2.11. The fourth-order valence-corrected chi connectivity index (χ4v) is 1.70. The van der Waals surface area contributed by atoms with Gasteiger partial charge in [-0.25, -0.2) is 0 Å². The molecule has 0 aromatic carbocycles. The molecular formula is C5H7Br2NS. The highest BCUT2D eigenvalue weighted by atomic mass is 79.9. The summed E-state index contributed by atoms with van der Waals surface area (Å²) >= 11 is 5.13. The van der Waals surface area contributed by atoms with Crippen molar-refractivity contribution in [2.75, 3.05) is 0 Å². The van der Waals surface area contributed by atoms with Crippen LogP contribution in [0, 0.1) is 0 Å². The lowest BCUT2D eigenvalue weighted by molar-refractivity contribution is -0.666. The van der Waals surface area contributed by atoms with Gasteiger partial charge < -0.3 is 17.0 Å². The van der Waals surface area contributed by atoms with E-state index in [-0.39, 0.29) is 17.0 Å². The Bertz CT molecular complexity index is 175. The molecule has 1 aromatic heterocycles. The molecule has 0 radical (unpaired) electrons. The van der Waals surface area contributed by atoms with E-state index in [0.717, 1.165) is 5.33 Å². The minimum Gasteiger partial charge on any atom is -1.00 e. The second-order valence-corrected chi connectivity index (χ2v) is 3.15. The Morgan fingerprint density at radius 3 is 2.67 bits per heavy atom. The first-order valence-electron chi connectivity index (χ1n) is 2.31. The summed E-state index contributed by atoms with van der Waals surface area (Å²) in [5.74, 6) is 0. The van der Waals surface area contributed by atoms with E-state index in [4.69, 9.17) is 0 Å². The van der Waals surface area contributed by atoms with E-state index < -0.39 is 0 Å². The normalized spacial score (nSPS) is 8.67. The minimum atomic E-state index is 0. The van der Waals surface area contributed by atoms with Crippen molar-refractivity contribution in [2.45, 2.75) is 5.33 Å². The summed E-state index contributed by atoms with van der Waals surface area (Å²) in [5.41, 5.74) is 2.08. The number of rotatable bonds is 1. The molecule has 0 unspecified atom stereocenters. The molecule has 0 saturated heterocycles. The summed E-state index contributed by atoms with van der Waals surface area (Å²) in [6.45, 7) is 0. The van der Waals surface area contributed by atoms with Crippen LogP contribution in [0.25, 0.3) is 0 Å². The van der Waals surface area contributed by atoms with Gasteiger partial charge in [-0.2, -0.15) is 4.57 Å². The molecule has 0 spiro atoms. The first-order valence-corrected chi connectivity index (χ1v) is 4.31. The number of hydrogen-bond donors (Lipinski definition) is 0. The molecule has 0 fully saturated rings. The van der Waals surface area contributed by atoms with Gasteiger partial charge in [-0.05, 0) is 0 Å². The molecular weight excluding hydrogens is 266 g/mol. The number of aryl methyl sites for hydroxylation is 1. The quantitative estimate of drug-likeness (QED) is 0.432. The average molecular weight is 273 g/mol. The zero-order valence-corrected chi connectivity index (χ0v) is 8.96. The highest BCUT2D eigenvalue weighted by Gasteiger charge is 1.97. The van der Waals surface area contributed by atoms with E-state index in [0.29, 0.717) is 0 Å². The third-order valence-electron chi connectivity index (χ3n) is 0.850. The molecule has 4 heteroatoms. The molecule has 0 aliphatic rings. The second kappa shape index (κ2) is 4.41. The van der Waals surface area contributed by atoms with Crippen LogP contribution < -0.4 is 21.5 Å². The second-order valence-electron chi connectivity index (χ2n) is 1.62. The van der Waals surface area contributed by atoms with E-state index in [1.54, 1.807) is 11.3 Å². The summed E-state index contributed by atoms with van der Waals surface area (Å²) < 4.78 is 2.06. The standard InChI is InChI=1S/C5H7BrNS.BrH/c1-7-3-5(2-6)8-4-7;/h3-4H,2H2,1H3;1H/q+1;/p-1. The number of aromatic nitrogens is 1. The van der Waals surface area contributed by atoms with Gasteiger partial charge in [0.1, 0.15) is 7.05 Å². The van der Waals surface area contributed by atoms with Crippen LogP contribution in [0.5, 0.6) is 0 Å². The largest absolute Gasteiger partial charge is 1.00 e. The molecule has 0 amide bonds. The number of thiazole rings is 1. The third-order valence-corrected chi connectivity index (χ3v) is 2.82. The Balaban J connectivity index is 0.000000640. The highest BCUT2D eigenvalue weighted by Crippen LogP contribution is 2.07. The Kier molecular flexibility index (Phi) is 4.70. The maximum absolute atomic E-state index is 3.37. The van der Waals surface area contributed by atoms with Crippen LogP contribution >= 0.6 is 27.3 Å². The zero-order chi connectivity index (χ0) is 5.98. The average Bonchev–Trinajstić information content (AvgIpc) is 2.14. The predicted molar refractivity (Wildman–Crippen MR) is 38.1 cm³/mol. The molecule has 1 rings (SSSR count). The van der Waals surface area contributed by atoms with Crippen LogP contribution in [0.1, 0.15) is 4.88 Å². The van der Waals surface area contributed by atoms with Crippen LogP contribution in [-0.4, -0.2) is 0 Å².